The summed E-state index contributed by atoms with van der Waals surface area (Å²) in [7, 11) is 1.69. The van der Waals surface area contributed by atoms with Gasteiger partial charge in [-0.25, -0.2) is 0 Å². The molecule has 1 fully saturated rings. The van der Waals surface area contributed by atoms with Crippen molar-refractivity contribution in [2.45, 2.75) is 6.92 Å². The summed E-state index contributed by atoms with van der Waals surface area (Å²) in [6, 6.07) is 16.1. The molecule has 0 spiro atoms. The van der Waals surface area contributed by atoms with Gasteiger partial charge >= 0.3 is 0 Å². The van der Waals surface area contributed by atoms with Crippen LogP contribution in [0.3, 0.4) is 0 Å². The molecule has 0 unspecified atom stereocenters. The van der Waals surface area contributed by atoms with Crippen molar-refractivity contribution in [3.05, 3.63) is 65.7 Å². The fourth-order valence-corrected chi connectivity index (χ4v) is 3.10. The number of aryl methyl sites for hydroxylation is 1. The number of piperazine rings is 1. The average Bonchev–Trinajstić information content (AvgIpc) is 2.67. The van der Waals surface area contributed by atoms with E-state index in [-0.39, 0.29) is 5.91 Å². The number of ether oxygens (including phenoxy) is 1. The summed E-state index contributed by atoms with van der Waals surface area (Å²) in [6.07, 6.45) is 3.59. The standard InChI is InChI=1S/C21H24N2O2/c1-17-7-3-4-8-18(17)11-12-21(24)23-15-13-22(14-16-23)19-9-5-6-10-20(19)25-2/h3-12H,13-16H2,1-2H3/b12-11+. The van der Waals surface area contributed by atoms with E-state index in [0.717, 1.165) is 43.2 Å². The minimum absolute atomic E-state index is 0.0722. The van der Waals surface area contributed by atoms with Gasteiger partial charge in [0.25, 0.3) is 0 Å². The molecule has 0 N–H and O–H groups in total. The molecule has 4 heteroatoms. The quantitative estimate of drug-likeness (QED) is 0.803. The normalized spacial score (nSPS) is 14.8. The first kappa shape index (κ1) is 17.1. The summed E-state index contributed by atoms with van der Waals surface area (Å²) in [5.41, 5.74) is 3.35. The van der Waals surface area contributed by atoms with Gasteiger partial charge in [-0.05, 0) is 36.3 Å². The van der Waals surface area contributed by atoms with Gasteiger partial charge < -0.3 is 14.5 Å². The minimum atomic E-state index is 0.0722. The third kappa shape index (κ3) is 4.02. The molecule has 130 valence electrons. The predicted octanol–water partition coefficient (Wildman–Crippen LogP) is 3.37. The molecule has 0 aromatic heterocycles. The molecule has 1 aliphatic rings. The van der Waals surface area contributed by atoms with E-state index in [4.69, 9.17) is 4.74 Å². The third-order valence-corrected chi connectivity index (χ3v) is 4.61. The fraction of sp³-hybridized carbons (Fsp3) is 0.286. The number of hydrogen-bond donors (Lipinski definition) is 0. The zero-order valence-electron chi connectivity index (χ0n) is 14.8. The van der Waals surface area contributed by atoms with E-state index >= 15 is 0 Å². The van der Waals surface area contributed by atoms with E-state index in [1.165, 1.54) is 5.56 Å². The highest BCUT2D eigenvalue weighted by atomic mass is 16.5. The van der Waals surface area contributed by atoms with Gasteiger partial charge in [0, 0.05) is 32.3 Å². The van der Waals surface area contributed by atoms with Crippen LogP contribution in [-0.4, -0.2) is 44.1 Å². The number of carbonyl (C=O) groups is 1. The first-order chi connectivity index (χ1) is 12.2. The van der Waals surface area contributed by atoms with Gasteiger partial charge in [0.1, 0.15) is 5.75 Å². The van der Waals surface area contributed by atoms with Crippen LogP contribution in [0.15, 0.2) is 54.6 Å². The number of rotatable bonds is 4. The van der Waals surface area contributed by atoms with Gasteiger partial charge in [-0.1, -0.05) is 36.4 Å². The minimum Gasteiger partial charge on any atom is -0.495 e. The van der Waals surface area contributed by atoms with Crippen molar-refractivity contribution in [1.29, 1.82) is 0 Å². The Balaban J connectivity index is 1.60. The van der Waals surface area contributed by atoms with Crippen LogP contribution in [-0.2, 0) is 4.79 Å². The van der Waals surface area contributed by atoms with Crippen LogP contribution in [0.5, 0.6) is 5.75 Å². The lowest BCUT2D eigenvalue weighted by atomic mass is 10.1. The smallest absolute Gasteiger partial charge is 0.246 e. The van der Waals surface area contributed by atoms with Gasteiger partial charge in [0.2, 0.25) is 5.91 Å². The molecule has 1 amide bonds. The molecule has 0 aliphatic carbocycles. The Morgan fingerprint density at radius 3 is 2.40 bits per heavy atom. The van der Waals surface area contributed by atoms with Crippen molar-refractivity contribution in [1.82, 2.24) is 4.90 Å². The molecule has 3 rings (SSSR count). The van der Waals surface area contributed by atoms with Crippen molar-refractivity contribution in [2.24, 2.45) is 0 Å². The molecule has 0 saturated carbocycles. The van der Waals surface area contributed by atoms with Crippen molar-refractivity contribution >= 4 is 17.7 Å². The van der Waals surface area contributed by atoms with E-state index in [2.05, 4.69) is 24.0 Å². The molecule has 1 heterocycles. The number of amides is 1. The van der Waals surface area contributed by atoms with Gasteiger partial charge in [-0.15, -0.1) is 0 Å². The van der Waals surface area contributed by atoms with Gasteiger partial charge in [0.05, 0.1) is 12.8 Å². The third-order valence-electron chi connectivity index (χ3n) is 4.61. The Morgan fingerprint density at radius 2 is 1.68 bits per heavy atom. The maximum atomic E-state index is 12.4. The number of carbonyl (C=O) groups excluding carboxylic acids is 1. The average molecular weight is 336 g/mol. The Bertz CT molecular complexity index is 762. The molecule has 1 aliphatic heterocycles. The highest BCUT2D eigenvalue weighted by Crippen LogP contribution is 2.28. The molecule has 1 saturated heterocycles. The fourth-order valence-electron chi connectivity index (χ4n) is 3.10. The lowest BCUT2D eigenvalue weighted by molar-refractivity contribution is -0.126. The molecule has 0 radical (unpaired) electrons. The second-order valence-electron chi connectivity index (χ2n) is 6.17. The number of nitrogens with zero attached hydrogens (tertiary/aromatic N) is 2. The largest absolute Gasteiger partial charge is 0.495 e. The molecule has 4 nitrogen and oxygen atoms in total. The first-order valence-electron chi connectivity index (χ1n) is 8.59. The maximum absolute atomic E-state index is 12.4. The summed E-state index contributed by atoms with van der Waals surface area (Å²) in [6.45, 7) is 5.11. The van der Waals surface area contributed by atoms with E-state index in [9.17, 15) is 4.79 Å². The summed E-state index contributed by atoms with van der Waals surface area (Å²) in [5.74, 6) is 0.949. The zero-order valence-corrected chi connectivity index (χ0v) is 14.8. The molecular formula is C21H24N2O2. The van der Waals surface area contributed by atoms with Crippen LogP contribution < -0.4 is 9.64 Å². The van der Waals surface area contributed by atoms with E-state index in [0.29, 0.717) is 0 Å². The Morgan fingerprint density at radius 1 is 1.00 bits per heavy atom. The number of para-hydroxylation sites is 2. The van der Waals surface area contributed by atoms with Crippen molar-refractivity contribution in [2.75, 3.05) is 38.2 Å². The topological polar surface area (TPSA) is 32.8 Å². The molecular weight excluding hydrogens is 312 g/mol. The van der Waals surface area contributed by atoms with E-state index < -0.39 is 0 Å². The molecule has 25 heavy (non-hydrogen) atoms. The van der Waals surface area contributed by atoms with Gasteiger partial charge in [-0.2, -0.15) is 0 Å². The second-order valence-corrected chi connectivity index (χ2v) is 6.17. The van der Waals surface area contributed by atoms with Crippen LogP contribution in [0.4, 0.5) is 5.69 Å². The first-order valence-corrected chi connectivity index (χ1v) is 8.59. The van der Waals surface area contributed by atoms with Crippen molar-refractivity contribution in [3.8, 4) is 5.75 Å². The monoisotopic (exact) mass is 336 g/mol. The summed E-state index contributed by atoms with van der Waals surface area (Å²) < 4.78 is 5.44. The number of anilines is 1. The lowest BCUT2D eigenvalue weighted by Crippen LogP contribution is -2.48. The number of hydrogen-bond acceptors (Lipinski definition) is 3. The van der Waals surface area contributed by atoms with Crippen molar-refractivity contribution < 1.29 is 9.53 Å². The zero-order chi connectivity index (χ0) is 17.6. The Labute approximate surface area is 149 Å². The molecule has 0 atom stereocenters. The molecule has 2 aromatic carbocycles. The van der Waals surface area contributed by atoms with Crippen LogP contribution in [0, 0.1) is 6.92 Å². The van der Waals surface area contributed by atoms with Crippen LogP contribution in [0.1, 0.15) is 11.1 Å². The number of methoxy groups -OCH3 is 1. The van der Waals surface area contributed by atoms with Gasteiger partial charge in [0.15, 0.2) is 0 Å². The van der Waals surface area contributed by atoms with Crippen LogP contribution in [0.2, 0.25) is 0 Å². The van der Waals surface area contributed by atoms with Crippen molar-refractivity contribution in [3.63, 3.8) is 0 Å². The van der Waals surface area contributed by atoms with E-state index in [1.54, 1.807) is 13.2 Å². The highest BCUT2D eigenvalue weighted by molar-refractivity contribution is 5.92. The Kier molecular flexibility index (Phi) is 5.39. The van der Waals surface area contributed by atoms with Gasteiger partial charge in [-0.3, -0.25) is 4.79 Å². The second kappa shape index (κ2) is 7.88. The number of benzene rings is 2. The SMILES string of the molecule is COc1ccccc1N1CCN(C(=O)/C=C/c2ccccc2C)CC1. The summed E-state index contributed by atoms with van der Waals surface area (Å²) in [5, 5.41) is 0. The summed E-state index contributed by atoms with van der Waals surface area (Å²) in [4.78, 5) is 16.6. The highest BCUT2D eigenvalue weighted by Gasteiger charge is 2.21. The lowest BCUT2D eigenvalue weighted by Gasteiger charge is -2.36. The molecule has 2 aromatic rings. The summed E-state index contributed by atoms with van der Waals surface area (Å²) >= 11 is 0. The van der Waals surface area contributed by atoms with E-state index in [1.807, 2.05) is 47.4 Å². The van der Waals surface area contributed by atoms with Crippen LogP contribution >= 0.6 is 0 Å². The molecule has 0 bridgehead atoms. The Hall–Kier alpha value is -2.75. The predicted molar refractivity (Wildman–Crippen MR) is 102 cm³/mol. The maximum Gasteiger partial charge on any atom is 0.246 e. The van der Waals surface area contributed by atoms with Crippen LogP contribution in [0.25, 0.3) is 6.08 Å².